The number of alkyl halides is 3. The number of aromatic nitrogens is 5. The predicted molar refractivity (Wildman–Crippen MR) is 89.1 cm³/mol. The van der Waals surface area contributed by atoms with Gasteiger partial charge < -0.3 is 10.3 Å². The minimum Gasteiger partial charge on any atom is -0.368 e. The Kier molecular flexibility index (Phi) is 4.36. The average molecular weight is 373 g/mol. The molecule has 3 aromatic heterocycles. The zero-order chi connectivity index (χ0) is 18.4. The second kappa shape index (κ2) is 6.21. The second-order valence-corrected chi connectivity index (χ2v) is 6.13. The lowest BCUT2D eigenvalue weighted by Crippen LogP contribution is -2.10. The number of aryl methyl sites for hydroxylation is 2. The summed E-state index contributed by atoms with van der Waals surface area (Å²) in [7, 11) is 1.68. The predicted octanol–water partition coefficient (Wildman–Crippen LogP) is 3.89. The Hall–Kier alpha value is -2.29. The number of halogens is 4. The summed E-state index contributed by atoms with van der Waals surface area (Å²) in [5.41, 5.74) is 4.92. The van der Waals surface area contributed by atoms with Crippen LogP contribution >= 0.6 is 11.6 Å². The molecule has 0 aromatic carbocycles. The highest BCUT2D eigenvalue weighted by Crippen LogP contribution is 2.40. The summed E-state index contributed by atoms with van der Waals surface area (Å²) in [4.78, 5) is 8.10. The Morgan fingerprint density at radius 1 is 1.24 bits per heavy atom. The highest BCUT2D eigenvalue weighted by molar-refractivity contribution is 6.36. The second-order valence-electron chi connectivity index (χ2n) is 5.72. The van der Waals surface area contributed by atoms with Gasteiger partial charge in [0.15, 0.2) is 5.69 Å². The first-order valence-corrected chi connectivity index (χ1v) is 8.03. The van der Waals surface area contributed by atoms with Crippen LogP contribution in [0.15, 0.2) is 12.4 Å². The van der Waals surface area contributed by atoms with E-state index in [-0.39, 0.29) is 22.2 Å². The van der Waals surface area contributed by atoms with Crippen LogP contribution in [0, 0.1) is 0 Å². The molecule has 0 aliphatic heterocycles. The third-order valence-corrected chi connectivity index (χ3v) is 4.10. The van der Waals surface area contributed by atoms with Crippen LogP contribution in [0.1, 0.15) is 25.5 Å². The first kappa shape index (κ1) is 17.5. The number of hydrogen-bond donors (Lipinski definition) is 1. The Morgan fingerprint density at radius 3 is 2.60 bits per heavy atom. The van der Waals surface area contributed by atoms with Gasteiger partial charge in [0.05, 0.1) is 21.7 Å². The van der Waals surface area contributed by atoms with Crippen molar-refractivity contribution in [2.24, 2.45) is 7.05 Å². The summed E-state index contributed by atoms with van der Waals surface area (Å²) >= 11 is 6.19. The smallest absolute Gasteiger partial charge is 0.368 e. The van der Waals surface area contributed by atoms with E-state index < -0.39 is 11.9 Å². The minimum absolute atomic E-state index is 0.0307. The standard InChI is InChI=1S/C15H16ClF3N6/c1-3-4-5-25-6-8(12(23-25)15(17,18)19)11-10-9(16)7-24(2)13(10)22-14(20)21-11/h6-7H,3-5H2,1-2H3,(H2,20,21,22). The number of nitrogen functional groups attached to an aromatic ring is 1. The van der Waals surface area contributed by atoms with Gasteiger partial charge >= 0.3 is 6.18 Å². The first-order chi connectivity index (χ1) is 11.7. The van der Waals surface area contributed by atoms with E-state index in [0.29, 0.717) is 24.0 Å². The van der Waals surface area contributed by atoms with Crippen molar-refractivity contribution in [1.29, 1.82) is 0 Å². The number of anilines is 1. The molecule has 0 atom stereocenters. The molecule has 0 fully saturated rings. The summed E-state index contributed by atoms with van der Waals surface area (Å²) in [6.07, 6.45) is -0.181. The third kappa shape index (κ3) is 3.15. The van der Waals surface area contributed by atoms with E-state index in [1.807, 2.05) is 6.92 Å². The SMILES string of the molecule is CCCCn1cc(-c2nc(N)nc3c2c(Cl)cn3C)c(C(F)(F)F)n1. The zero-order valence-electron chi connectivity index (χ0n) is 13.6. The van der Waals surface area contributed by atoms with Crippen LogP contribution in [0.3, 0.4) is 0 Å². The van der Waals surface area contributed by atoms with Gasteiger partial charge in [-0.05, 0) is 6.42 Å². The fourth-order valence-corrected chi connectivity index (χ4v) is 2.99. The number of nitrogens with two attached hydrogens (primary N) is 1. The molecule has 3 heterocycles. The molecule has 0 unspecified atom stereocenters. The minimum atomic E-state index is -4.62. The van der Waals surface area contributed by atoms with Crippen LogP contribution in [0.4, 0.5) is 19.1 Å². The van der Waals surface area contributed by atoms with Crippen molar-refractivity contribution >= 4 is 28.6 Å². The molecule has 25 heavy (non-hydrogen) atoms. The Bertz CT molecular complexity index is 928. The van der Waals surface area contributed by atoms with Crippen molar-refractivity contribution in [3.63, 3.8) is 0 Å². The molecule has 2 N–H and O–H groups in total. The molecule has 0 aliphatic carbocycles. The molecule has 3 rings (SSSR count). The topological polar surface area (TPSA) is 74.6 Å². The van der Waals surface area contributed by atoms with E-state index in [9.17, 15) is 13.2 Å². The molecule has 0 amide bonds. The van der Waals surface area contributed by atoms with Gasteiger partial charge in [-0.1, -0.05) is 24.9 Å². The van der Waals surface area contributed by atoms with E-state index in [2.05, 4.69) is 15.1 Å². The third-order valence-electron chi connectivity index (χ3n) is 3.81. The molecule has 0 radical (unpaired) electrons. The highest BCUT2D eigenvalue weighted by atomic mass is 35.5. The van der Waals surface area contributed by atoms with Crippen LogP contribution in [0.5, 0.6) is 0 Å². The van der Waals surface area contributed by atoms with Gasteiger partial charge in [-0.3, -0.25) is 4.68 Å². The van der Waals surface area contributed by atoms with E-state index >= 15 is 0 Å². The molecule has 3 aromatic rings. The maximum Gasteiger partial charge on any atom is 0.435 e. The normalized spacial score (nSPS) is 12.2. The Labute approximate surface area is 146 Å². The van der Waals surface area contributed by atoms with Crippen molar-refractivity contribution < 1.29 is 13.2 Å². The van der Waals surface area contributed by atoms with Gasteiger partial charge in [0.1, 0.15) is 5.65 Å². The lowest BCUT2D eigenvalue weighted by molar-refractivity contribution is -0.141. The summed E-state index contributed by atoms with van der Waals surface area (Å²) in [5.74, 6) is -0.130. The van der Waals surface area contributed by atoms with Crippen LogP contribution in [0.25, 0.3) is 22.3 Å². The average Bonchev–Trinajstić information content (AvgIpc) is 3.06. The van der Waals surface area contributed by atoms with Crippen molar-refractivity contribution in [3.05, 3.63) is 23.1 Å². The summed E-state index contributed by atoms with van der Waals surface area (Å²) in [6.45, 7) is 2.33. The Balaban J connectivity index is 2.29. The molecule has 0 bridgehead atoms. The van der Waals surface area contributed by atoms with E-state index in [1.54, 1.807) is 17.8 Å². The van der Waals surface area contributed by atoms with Crippen molar-refractivity contribution in [3.8, 4) is 11.3 Å². The summed E-state index contributed by atoms with van der Waals surface area (Å²) in [5, 5.41) is 4.28. The fourth-order valence-electron chi connectivity index (χ4n) is 2.67. The molecule has 134 valence electrons. The molecular weight excluding hydrogens is 357 g/mol. The van der Waals surface area contributed by atoms with Gasteiger partial charge in [0, 0.05) is 26.0 Å². The zero-order valence-corrected chi connectivity index (χ0v) is 14.4. The molecule has 0 spiro atoms. The number of unbranched alkanes of at least 4 members (excludes halogenated alkanes) is 1. The quantitative estimate of drug-likeness (QED) is 0.754. The largest absolute Gasteiger partial charge is 0.435 e. The van der Waals surface area contributed by atoms with E-state index in [4.69, 9.17) is 17.3 Å². The molecule has 10 heteroatoms. The maximum absolute atomic E-state index is 13.5. The first-order valence-electron chi connectivity index (χ1n) is 7.65. The van der Waals surface area contributed by atoms with Crippen molar-refractivity contribution in [2.75, 3.05) is 5.73 Å². The van der Waals surface area contributed by atoms with Crippen LogP contribution in [-0.4, -0.2) is 24.3 Å². The van der Waals surface area contributed by atoms with Gasteiger partial charge in [-0.25, -0.2) is 4.98 Å². The van der Waals surface area contributed by atoms with E-state index in [1.165, 1.54) is 10.9 Å². The molecule has 6 nitrogen and oxygen atoms in total. The summed E-state index contributed by atoms with van der Waals surface area (Å²) in [6, 6.07) is 0. The maximum atomic E-state index is 13.5. The highest BCUT2D eigenvalue weighted by Gasteiger charge is 2.38. The van der Waals surface area contributed by atoms with E-state index in [0.717, 1.165) is 6.42 Å². The van der Waals surface area contributed by atoms with Crippen LogP contribution < -0.4 is 5.73 Å². The van der Waals surface area contributed by atoms with Crippen molar-refractivity contribution in [2.45, 2.75) is 32.5 Å². The lowest BCUT2D eigenvalue weighted by atomic mass is 10.1. The summed E-state index contributed by atoms with van der Waals surface area (Å²) < 4.78 is 43.3. The van der Waals surface area contributed by atoms with Crippen molar-refractivity contribution in [1.82, 2.24) is 24.3 Å². The monoisotopic (exact) mass is 372 g/mol. The van der Waals surface area contributed by atoms with Crippen LogP contribution in [-0.2, 0) is 19.8 Å². The molecular formula is C15H16ClF3N6. The number of hydrogen-bond acceptors (Lipinski definition) is 4. The van der Waals surface area contributed by atoms with Gasteiger partial charge in [0.25, 0.3) is 0 Å². The number of fused-ring (bicyclic) bond motifs is 1. The van der Waals surface area contributed by atoms with Gasteiger partial charge in [-0.2, -0.15) is 23.3 Å². The molecule has 0 saturated carbocycles. The lowest BCUT2D eigenvalue weighted by Gasteiger charge is -2.07. The van der Waals surface area contributed by atoms with Crippen LogP contribution in [0.2, 0.25) is 5.02 Å². The van der Waals surface area contributed by atoms with Gasteiger partial charge in [-0.15, -0.1) is 0 Å². The van der Waals surface area contributed by atoms with Gasteiger partial charge in [0.2, 0.25) is 5.95 Å². The number of nitrogens with zero attached hydrogens (tertiary/aromatic N) is 5. The molecule has 0 aliphatic rings. The molecule has 0 saturated heterocycles. The number of rotatable bonds is 4. The fraction of sp³-hybridized carbons (Fsp3) is 0.400. The Morgan fingerprint density at radius 2 is 1.96 bits per heavy atom.